The lowest BCUT2D eigenvalue weighted by Gasteiger charge is -2.08. The van der Waals surface area contributed by atoms with Gasteiger partial charge in [0.15, 0.2) is 0 Å². The smallest absolute Gasteiger partial charge is 0.319 e. The van der Waals surface area contributed by atoms with E-state index in [1.807, 2.05) is 35.9 Å². The fraction of sp³-hybridized carbons (Fsp3) is 0.312. The zero-order valence-corrected chi connectivity index (χ0v) is 14.0. The normalized spacial score (nSPS) is 13.7. The maximum atomic E-state index is 12.1. The van der Waals surface area contributed by atoms with Crippen LogP contribution in [-0.4, -0.2) is 27.0 Å². The molecule has 0 unspecified atom stereocenters. The number of aromatic nitrogens is 3. The van der Waals surface area contributed by atoms with Crippen molar-refractivity contribution in [3.8, 4) is 0 Å². The number of urea groups is 1. The first kappa shape index (κ1) is 15.1. The predicted octanol–water partition coefficient (Wildman–Crippen LogP) is 2.49. The third-order valence-corrected chi connectivity index (χ3v) is 4.85. The average Bonchev–Trinajstić information content (AvgIpc) is 3.14. The van der Waals surface area contributed by atoms with Crippen LogP contribution in [0.5, 0.6) is 0 Å². The molecule has 0 fully saturated rings. The van der Waals surface area contributed by atoms with E-state index in [0.717, 1.165) is 35.1 Å². The summed E-state index contributed by atoms with van der Waals surface area (Å²) in [4.78, 5) is 22.2. The van der Waals surface area contributed by atoms with E-state index in [1.165, 1.54) is 4.88 Å². The molecule has 0 radical (unpaired) electrons. The summed E-state index contributed by atoms with van der Waals surface area (Å²) in [5.74, 6) is 0. The van der Waals surface area contributed by atoms with Gasteiger partial charge in [-0.2, -0.15) is 0 Å². The molecule has 4 heterocycles. The number of hydrogen-bond acceptors (Lipinski definition) is 5. The van der Waals surface area contributed by atoms with E-state index in [4.69, 9.17) is 4.74 Å². The quantitative estimate of drug-likeness (QED) is 0.766. The van der Waals surface area contributed by atoms with Crippen molar-refractivity contribution in [1.82, 2.24) is 19.7 Å². The van der Waals surface area contributed by atoms with E-state index in [1.54, 1.807) is 11.3 Å². The Bertz CT molecular complexity index is 878. The van der Waals surface area contributed by atoms with Gasteiger partial charge in [-0.3, -0.25) is 0 Å². The number of anilines is 1. The van der Waals surface area contributed by atoms with Gasteiger partial charge in [0.2, 0.25) is 0 Å². The maximum absolute atomic E-state index is 12.1. The maximum Gasteiger partial charge on any atom is 0.319 e. The van der Waals surface area contributed by atoms with Crippen molar-refractivity contribution >= 4 is 28.7 Å². The van der Waals surface area contributed by atoms with Gasteiger partial charge in [-0.05, 0) is 13.0 Å². The largest absolute Gasteiger partial charge is 0.375 e. The lowest BCUT2D eigenvalue weighted by molar-refractivity contribution is 0.112. The van der Waals surface area contributed by atoms with E-state index in [-0.39, 0.29) is 6.03 Å². The van der Waals surface area contributed by atoms with Crippen LogP contribution < -0.4 is 10.6 Å². The van der Waals surface area contributed by atoms with Gasteiger partial charge < -0.3 is 19.8 Å². The topological polar surface area (TPSA) is 80.5 Å². The molecule has 2 amide bonds. The number of fused-ring (bicyclic) bond motifs is 2. The van der Waals surface area contributed by atoms with E-state index < -0.39 is 0 Å². The minimum Gasteiger partial charge on any atom is -0.375 e. The number of imidazole rings is 1. The van der Waals surface area contributed by atoms with Gasteiger partial charge in [0, 0.05) is 30.6 Å². The molecule has 0 aliphatic carbocycles. The molecule has 1 aliphatic heterocycles. The number of thiazole rings is 1. The van der Waals surface area contributed by atoms with Gasteiger partial charge in [-0.15, -0.1) is 11.3 Å². The minimum absolute atomic E-state index is 0.257. The van der Waals surface area contributed by atoms with Crippen LogP contribution in [0, 0.1) is 6.92 Å². The van der Waals surface area contributed by atoms with Gasteiger partial charge in [0.1, 0.15) is 10.7 Å². The first-order valence-electron chi connectivity index (χ1n) is 7.73. The van der Waals surface area contributed by atoms with Crippen LogP contribution in [0.1, 0.15) is 21.3 Å². The molecule has 8 heteroatoms. The lowest BCUT2D eigenvalue weighted by atomic mass is 10.2. The summed E-state index contributed by atoms with van der Waals surface area (Å²) < 4.78 is 7.33. The predicted molar refractivity (Wildman–Crippen MR) is 91.3 cm³/mol. The second-order valence-electron chi connectivity index (χ2n) is 5.65. The molecule has 3 aromatic rings. The van der Waals surface area contributed by atoms with Gasteiger partial charge in [0.25, 0.3) is 0 Å². The molecule has 0 saturated heterocycles. The number of nitrogens with zero attached hydrogens (tertiary/aromatic N) is 3. The highest BCUT2D eigenvalue weighted by Crippen LogP contribution is 2.23. The van der Waals surface area contributed by atoms with E-state index in [0.29, 0.717) is 18.8 Å². The Labute approximate surface area is 142 Å². The molecule has 3 aromatic heterocycles. The van der Waals surface area contributed by atoms with Crippen molar-refractivity contribution in [3.05, 3.63) is 45.8 Å². The van der Waals surface area contributed by atoms with E-state index in [9.17, 15) is 4.79 Å². The van der Waals surface area contributed by atoms with Crippen molar-refractivity contribution in [2.75, 3.05) is 11.9 Å². The van der Waals surface area contributed by atoms with Crippen LogP contribution >= 0.6 is 11.3 Å². The third-order valence-electron chi connectivity index (χ3n) is 3.78. The van der Waals surface area contributed by atoms with Crippen LogP contribution in [0.25, 0.3) is 5.65 Å². The summed E-state index contributed by atoms with van der Waals surface area (Å²) >= 11 is 1.60. The van der Waals surface area contributed by atoms with Crippen molar-refractivity contribution in [2.24, 2.45) is 0 Å². The molecule has 0 atom stereocenters. The molecule has 124 valence electrons. The highest BCUT2D eigenvalue weighted by molar-refractivity contribution is 7.11. The lowest BCUT2D eigenvalue weighted by Crippen LogP contribution is -2.28. The number of carbonyl (C=O) groups is 1. The summed E-state index contributed by atoms with van der Waals surface area (Å²) in [6.07, 6.45) is 4.66. The van der Waals surface area contributed by atoms with Crippen LogP contribution in [0.2, 0.25) is 0 Å². The molecular weight excluding hydrogens is 326 g/mol. The number of nitrogens with one attached hydrogen (secondary N) is 2. The van der Waals surface area contributed by atoms with Crippen molar-refractivity contribution in [3.63, 3.8) is 0 Å². The number of rotatable bonds is 3. The minimum atomic E-state index is -0.257. The second kappa shape index (κ2) is 6.21. The van der Waals surface area contributed by atoms with Gasteiger partial charge in [0.05, 0.1) is 36.0 Å². The molecule has 0 saturated carbocycles. The number of amides is 2. The summed E-state index contributed by atoms with van der Waals surface area (Å²) in [6.45, 7) is 3.70. The Hall–Kier alpha value is -2.45. The summed E-state index contributed by atoms with van der Waals surface area (Å²) in [6, 6.07) is 3.42. The molecule has 7 nitrogen and oxygen atoms in total. The van der Waals surface area contributed by atoms with Crippen LogP contribution in [0.15, 0.2) is 24.5 Å². The van der Waals surface area contributed by atoms with Crippen molar-refractivity contribution < 1.29 is 9.53 Å². The highest BCUT2D eigenvalue weighted by atomic mass is 32.1. The molecule has 0 spiro atoms. The number of carbonyl (C=O) groups excluding carboxylic acids is 1. The molecule has 24 heavy (non-hydrogen) atoms. The zero-order valence-electron chi connectivity index (χ0n) is 13.2. The Kier molecular flexibility index (Phi) is 3.91. The molecular formula is C16H17N5O2S. The van der Waals surface area contributed by atoms with E-state index in [2.05, 4.69) is 20.6 Å². The zero-order chi connectivity index (χ0) is 16.5. The summed E-state index contributed by atoms with van der Waals surface area (Å²) in [5, 5.41) is 6.57. The standard InChI is InChI=1S/C16H17N5O2S/c1-10-8-21-4-2-11(6-14(21)18-10)19-16(22)17-7-15-20-12-3-5-23-9-13(12)24-15/h2,4,6,8H,3,5,7,9H2,1H3,(H2,17,19,22). The van der Waals surface area contributed by atoms with Crippen LogP contribution in [0.3, 0.4) is 0 Å². The molecule has 2 N–H and O–H groups in total. The molecule has 0 bridgehead atoms. The molecule has 0 aromatic carbocycles. The summed E-state index contributed by atoms with van der Waals surface area (Å²) in [5.41, 5.74) is 3.55. The fourth-order valence-electron chi connectivity index (χ4n) is 2.67. The fourth-order valence-corrected chi connectivity index (χ4v) is 3.66. The van der Waals surface area contributed by atoms with E-state index >= 15 is 0 Å². The van der Waals surface area contributed by atoms with Crippen molar-refractivity contribution in [2.45, 2.75) is 26.5 Å². The van der Waals surface area contributed by atoms with Crippen molar-refractivity contribution in [1.29, 1.82) is 0 Å². The van der Waals surface area contributed by atoms with Gasteiger partial charge in [-0.1, -0.05) is 0 Å². The van der Waals surface area contributed by atoms with Crippen LogP contribution in [0.4, 0.5) is 10.5 Å². The SMILES string of the molecule is Cc1cn2ccc(NC(=O)NCc3nc4c(s3)COCC4)cc2n1. The number of hydrogen-bond donors (Lipinski definition) is 2. The Balaban J connectivity index is 1.37. The van der Waals surface area contributed by atoms with Gasteiger partial charge in [-0.25, -0.2) is 14.8 Å². The first-order valence-corrected chi connectivity index (χ1v) is 8.54. The van der Waals surface area contributed by atoms with Gasteiger partial charge >= 0.3 is 6.03 Å². The molecule has 1 aliphatic rings. The third kappa shape index (κ3) is 3.10. The number of ether oxygens (including phenoxy) is 1. The monoisotopic (exact) mass is 343 g/mol. The van der Waals surface area contributed by atoms with Crippen LogP contribution in [-0.2, 0) is 24.3 Å². The molecule has 4 rings (SSSR count). The second-order valence-corrected chi connectivity index (χ2v) is 6.82. The summed E-state index contributed by atoms with van der Waals surface area (Å²) in [7, 11) is 0. The average molecular weight is 343 g/mol. The number of pyridine rings is 1. The Morgan fingerprint density at radius 3 is 3.25 bits per heavy atom. The Morgan fingerprint density at radius 2 is 2.38 bits per heavy atom. The first-order chi connectivity index (χ1) is 11.7. The highest BCUT2D eigenvalue weighted by Gasteiger charge is 2.15. The Morgan fingerprint density at radius 1 is 1.46 bits per heavy atom. The number of aryl methyl sites for hydroxylation is 1.